The molecule has 0 spiro atoms. The molecule has 0 radical (unpaired) electrons. The van der Waals surface area contributed by atoms with Crippen LogP contribution in [0.3, 0.4) is 0 Å². The lowest BCUT2D eigenvalue weighted by molar-refractivity contribution is -0.0787. The fourth-order valence-electron chi connectivity index (χ4n) is 4.97. The highest BCUT2D eigenvalue weighted by atomic mass is 16.5. The molecule has 0 unspecified atom stereocenters. The van der Waals surface area contributed by atoms with Crippen LogP contribution in [0.5, 0.6) is 5.75 Å². The predicted molar refractivity (Wildman–Crippen MR) is 77.1 cm³/mol. The number of benzene rings is 1. The molecule has 0 aliphatic heterocycles. The Labute approximate surface area is 115 Å². The van der Waals surface area contributed by atoms with E-state index in [2.05, 4.69) is 19.1 Å². The highest BCUT2D eigenvalue weighted by Gasteiger charge is 2.49. The minimum Gasteiger partial charge on any atom is -0.488 e. The molecule has 4 fully saturated rings. The topological polar surface area (TPSA) is 35.2 Å². The van der Waals surface area contributed by atoms with E-state index in [9.17, 15) is 0 Å². The van der Waals surface area contributed by atoms with Crippen LogP contribution in [0.1, 0.15) is 37.7 Å². The number of ether oxygens (including phenoxy) is 1. The third-order valence-corrected chi connectivity index (χ3v) is 5.69. The normalized spacial score (nSPS) is 39.5. The minimum atomic E-state index is 0.428. The number of hydrogen-bond acceptors (Lipinski definition) is 2. The van der Waals surface area contributed by atoms with E-state index in [0.717, 1.165) is 40.7 Å². The molecule has 2 nitrogen and oxygen atoms in total. The molecule has 0 heterocycles. The lowest BCUT2D eigenvalue weighted by atomic mass is 9.55. The van der Waals surface area contributed by atoms with Gasteiger partial charge in [-0.15, -0.1) is 0 Å². The molecular formula is C17H23NO. The molecule has 102 valence electrons. The first-order valence-electron chi connectivity index (χ1n) is 7.72. The number of para-hydroxylation sites is 1. The van der Waals surface area contributed by atoms with E-state index >= 15 is 0 Å². The Kier molecular flexibility index (Phi) is 2.54. The average molecular weight is 257 g/mol. The van der Waals surface area contributed by atoms with E-state index in [-0.39, 0.29) is 0 Å². The van der Waals surface area contributed by atoms with Gasteiger partial charge >= 0.3 is 0 Å². The third kappa shape index (κ3) is 1.84. The number of nitrogens with two attached hydrogens (primary N) is 1. The number of rotatable bonds is 2. The summed E-state index contributed by atoms with van der Waals surface area (Å²) in [4.78, 5) is 0. The number of anilines is 1. The Morgan fingerprint density at radius 1 is 1.00 bits per heavy atom. The molecule has 2 N–H and O–H groups in total. The molecule has 1 aromatic carbocycles. The van der Waals surface area contributed by atoms with Gasteiger partial charge in [-0.25, -0.2) is 0 Å². The molecule has 1 aromatic rings. The van der Waals surface area contributed by atoms with Crippen molar-refractivity contribution >= 4 is 5.69 Å². The van der Waals surface area contributed by atoms with Crippen LogP contribution in [0.25, 0.3) is 0 Å². The zero-order valence-corrected chi connectivity index (χ0v) is 11.6. The number of aryl methyl sites for hydroxylation is 1. The van der Waals surface area contributed by atoms with Gasteiger partial charge < -0.3 is 10.5 Å². The Hall–Kier alpha value is -1.18. The molecule has 2 heteroatoms. The summed E-state index contributed by atoms with van der Waals surface area (Å²) in [5.41, 5.74) is 8.12. The van der Waals surface area contributed by atoms with Crippen molar-refractivity contribution < 1.29 is 4.74 Å². The Morgan fingerprint density at radius 3 is 2.26 bits per heavy atom. The first kappa shape index (κ1) is 11.6. The van der Waals surface area contributed by atoms with Gasteiger partial charge in [0.05, 0.1) is 5.69 Å². The molecular weight excluding hydrogens is 234 g/mol. The van der Waals surface area contributed by atoms with Crippen LogP contribution in [0, 0.1) is 30.6 Å². The minimum absolute atomic E-state index is 0.428. The molecule has 0 aromatic heterocycles. The van der Waals surface area contributed by atoms with Crippen molar-refractivity contribution in [2.45, 2.75) is 45.1 Å². The molecule has 19 heavy (non-hydrogen) atoms. The van der Waals surface area contributed by atoms with Crippen LogP contribution in [-0.2, 0) is 0 Å². The van der Waals surface area contributed by atoms with Crippen molar-refractivity contribution in [1.29, 1.82) is 0 Å². The molecule has 4 saturated carbocycles. The zero-order chi connectivity index (χ0) is 13.0. The summed E-state index contributed by atoms with van der Waals surface area (Å²) in [7, 11) is 0. The van der Waals surface area contributed by atoms with Gasteiger partial charge in [-0.3, -0.25) is 0 Å². The summed E-state index contributed by atoms with van der Waals surface area (Å²) in [6.45, 7) is 2.05. The van der Waals surface area contributed by atoms with Crippen molar-refractivity contribution in [1.82, 2.24) is 0 Å². The van der Waals surface area contributed by atoms with Gasteiger partial charge in [-0.2, -0.15) is 0 Å². The maximum absolute atomic E-state index is 6.38. The Balaban J connectivity index is 1.58. The number of nitrogen functional groups attached to an aromatic ring is 1. The fourth-order valence-corrected chi connectivity index (χ4v) is 4.97. The summed E-state index contributed by atoms with van der Waals surface area (Å²) < 4.78 is 6.38. The van der Waals surface area contributed by atoms with E-state index in [1.54, 1.807) is 0 Å². The monoisotopic (exact) mass is 257 g/mol. The summed E-state index contributed by atoms with van der Waals surface area (Å²) in [5, 5.41) is 0. The van der Waals surface area contributed by atoms with Crippen molar-refractivity contribution in [3.8, 4) is 5.75 Å². The van der Waals surface area contributed by atoms with Gasteiger partial charge in [0.1, 0.15) is 11.9 Å². The van der Waals surface area contributed by atoms with Gasteiger partial charge in [0.2, 0.25) is 0 Å². The predicted octanol–water partition coefficient (Wildman–Crippen LogP) is 3.78. The third-order valence-electron chi connectivity index (χ3n) is 5.69. The van der Waals surface area contributed by atoms with Crippen molar-refractivity contribution in [2.75, 3.05) is 5.73 Å². The van der Waals surface area contributed by atoms with Crippen molar-refractivity contribution in [2.24, 2.45) is 23.7 Å². The van der Waals surface area contributed by atoms with Crippen LogP contribution < -0.4 is 10.5 Å². The average Bonchev–Trinajstić information content (AvgIpc) is 2.38. The molecule has 0 saturated heterocycles. The van der Waals surface area contributed by atoms with E-state index in [0.29, 0.717) is 6.10 Å². The number of hydrogen-bond donors (Lipinski definition) is 1. The molecule has 0 amide bonds. The van der Waals surface area contributed by atoms with E-state index in [4.69, 9.17) is 10.5 Å². The summed E-state index contributed by atoms with van der Waals surface area (Å²) >= 11 is 0. The quantitative estimate of drug-likeness (QED) is 0.818. The van der Waals surface area contributed by atoms with Crippen LogP contribution in [0.4, 0.5) is 5.69 Å². The molecule has 5 rings (SSSR count). The SMILES string of the molecule is Cc1cccc(OC2C3CC4CC(C3)CC2C4)c1N. The van der Waals surface area contributed by atoms with Gasteiger partial charge in [0, 0.05) is 0 Å². The Bertz CT molecular complexity index is 468. The fraction of sp³-hybridized carbons (Fsp3) is 0.647. The van der Waals surface area contributed by atoms with Crippen molar-refractivity contribution in [3.05, 3.63) is 23.8 Å². The van der Waals surface area contributed by atoms with Crippen LogP contribution >= 0.6 is 0 Å². The lowest BCUT2D eigenvalue weighted by Crippen LogP contribution is -2.50. The van der Waals surface area contributed by atoms with Gasteiger partial charge in [-0.1, -0.05) is 12.1 Å². The summed E-state index contributed by atoms with van der Waals surface area (Å²) in [6.07, 6.45) is 7.49. The van der Waals surface area contributed by atoms with Crippen LogP contribution in [0.2, 0.25) is 0 Å². The molecule has 4 aliphatic carbocycles. The summed E-state index contributed by atoms with van der Waals surface area (Å²) in [6, 6.07) is 6.14. The van der Waals surface area contributed by atoms with Crippen molar-refractivity contribution in [3.63, 3.8) is 0 Å². The second kappa shape index (κ2) is 4.16. The highest BCUT2D eigenvalue weighted by molar-refractivity contribution is 5.57. The maximum Gasteiger partial charge on any atom is 0.142 e. The van der Waals surface area contributed by atoms with Crippen LogP contribution in [0.15, 0.2) is 18.2 Å². The van der Waals surface area contributed by atoms with E-state index in [1.807, 2.05) is 6.07 Å². The lowest BCUT2D eigenvalue weighted by Gasteiger charge is -2.53. The first-order valence-corrected chi connectivity index (χ1v) is 7.72. The molecule has 4 bridgehead atoms. The van der Waals surface area contributed by atoms with E-state index in [1.165, 1.54) is 32.1 Å². The smallest absolute Gasteiger partial charge is 0.142 e. The van der Waals surface area contributed by atoms with Gasteiger partial charge in [-0.05, 0) is 74.3 Å². The highest BCUT2D eigenvalue weighted by Crippen LogP contribution is 2.54. The van der Waals surface area contributed by atoms with Gasteiger partial charge in [0.25, 0.3) is 0 Å². The molecule has 4 aliphatic rings. The summed E-state index contributed by atoms with van der Waals surface area (Å²) in [5.74, 6) is 4.49. The zero-order valence-electron chi connectivity index (χ0n) is 11.6. The second-order valence-corrected chi connectivity index (χ2v) is 7.00. The molecule has 0 atom stereocenters. The maximum atomic E-state index is 6.38. The largest absolute Gasteiger partial charge is 0.488 e. The first-order chi connectivity index (χ1) is 9.20. The Morgan fingerprint density at radius 2 is 1.63 bits per heavy atom. The van der Waals surface area contributed by atoms with Crippen LogP contribution in [-0.4, -0.2) is 6.10 Å². The van der Waals surface area contributed by atoms with Gasteiger partial charge in [0.15, 0.2) is 0 Å². The van der Waals surface area contributed by atoms with E-state index < -0.39 is 0 Å². The second-order valence-electron chi connectivity index (χ2n) is 7.00. The standard InChI is InChI=1S/C17H23NO/c1-10-3-2-4-15(16(10)18)19-17-13-6-11-5-12(8-13)9-14(17)7-11/h2-4,11-14,17H,5-9,18H2,1H3.